The number of carbonyl (C=O) groups excluding carboxylic acids is 3. The Labute approximate surface area is 186 Å². The van der Waals surface area contributed by atoms with Crippen LogP contribution in [0.5, 0.6) is 0 Å². The molecule has 6 nitrogen and oxygen atoms in total. The highest BCUT2D eigenvalue weighted by Crippen LogP contribution is 2.65. The van der Waals surface area contributed by atoms with E-state index in [0.29, 0.717) is 24.3 Å². The number of carbonyl (C=O) groups is 3. The predicted molar refractivity (Wildman–Crippen MR) is 120 cm³/mol. The number of nitrogens with one attached hydrogen (secondary N) is 2. The van der Waals surface area contributed by atoms with Gasteiger partial charge in [-0.1, -0.05) is 33.3 Å². The highest BCUT2D eigenvalue weighted by molar-refractivity contribution is 5.96. The highest BCUT2D eigenvalue weighted by atomic mass is 16.2. The molecule has 0 aromatic carbocycles. The van der Waals surface area contributed by atoms with E-state index in [9.17, 15) is 14.4 Å². The average molecular weight is 430 g/mol. The van der Waals surface area contributed by atoms with E-state index in [1.54, 1.807) is 6.08 Å². The van der Waals surface area contributed by atoms with Crippen LogP contribution < -0.4 is 10.6 Å². The molecular weight excluding hydrogens is 390 g/mol. The quantitative estimate of drug-likeness (QED) is 0.666. The number of hydrogen-bond acceptors (Lipinski definition) is 3. The zero-order valence-corrected chi connectivity index (χ0v) is 19.6. The second-order valence-electron chi connectivity index (χ2n) is 10.9. The second-order valence-corrected chi connectivity index (χ2v) is 10.9. The van der Waals surface area contributed by atoms with Crippen LogP contribution in [0.3, 0.4) is 0 Å². The maximum atomic E-state index is 13.1. The molecule has 6 heteroatoms. The molecule has 3 aliphatic carbocycles. The standard InChI is InChI=1S/C25H39N3O3/c1-5-6-15-26-23(31)27-22(30)19-9-8-17-16-7-10-20-25(3,14-12-21(29)28(20)4)18(16)11-13-24(17,19)2/h12,14,16-20H,5-11,13,15H2,1-4H3,(H2,26,27,30,31)/t16-,17-,18+,19?,20?,24-,25+/m0/s1. The monoisotopic (exact) mass is 429 g/mol. The zero-order chi connectivity index (χ0) is 22.4. The molecule has 0 aromatic rings. The van der Waals surface area contributed by atoms with Gasteiger partial charge in [-0.25, -0.2) is 4.79 Å². The summed E-state index contributed by atoms with van der Waals surface area (Å²) in [6, 6.07) is -0.0739. The van der Waals surface area contributed by atoms with Crippen LogP contribution in [0.1, 0.15) is 72.1 Å². The summed E-state index contributed by atoms with van der Waals surface area (Å²) in [5.41, 5.74) is -0.0232. The topological polar surface area (TPSA) is 78.5 Å². The highest BCUT2D eigenvalue weighted by Gasteiger charge is 2.61. The lowest BCUT2D eigenvalue weighted by Gasteiger charge is -2.60. The van der Waals surface area contributed by atoms with Crippen molar-refractivity contribution >= 4 is 17.8 Å². The van der Waals surface area contributed by atoms with E-state index in [1.807, 2.05) is 11.9 Å². The summed E-state index contributed by atoms with van der Waals surface area (Å²) >= 11 is 0. The smallest absolute Gasteiger partial charge is 0.321 e. The molecule has 0 bridgehead atoms. The third-order valence-electron chi connectivity index (χ3n) is 9.50. The molecule has 3 saturated carbocycles. The van der Waals surface area contributed by atoms with E-state index in [1.165, 1.54) is 0 Å². The van der Waals surface area contributed by atoms with Crippen molar-refractivity contribution in [3.05, 3.63) is 12.2 Å². The molecule has 2 N–H and O–H groups in total. The van der Waals surface area contributed by atoms with Gasteiger partial charge >= 0.3 is 6.03 Å². The summed E-state index contributed by atoms with van der Waals surface area (Å²) in [6.07, 6.45) is 12.1. The number of unbranched alkanes of at least 4 members (excludes halogenated alkanes) is 1. The second kappa shape index (κ2) is 8.25. The predicted octanol–water partition coefficient (Wildman–Crippen LogP) is 3.87. The number of likely N-dealkylation sites (N-methyl/N-ethyl adjacent to an activating group) is 1. The number of urea groups is 1. The summed E-state index contributed by atoms with van der Waals surface area (Å²) in [6.45, 7) is 7.32. The van der Waals surface area contributed by atoms with Gasteiger partial charge in [0, 0.05) is 31.0 Å². The van der Waals surface area contributed by atoms with E-state index < -0.39 is 0 Å². The number of nitrogens with zero attached hydrogens (tertiary/aromatic N) is 1. The van der Waals surface area contributed by atoms with Crippen LogP contribution >= 0.6 is 0 Å². The third-order valence-corrected chi connectivity index (χ3v) is 9.50. The fourth-order valence-electron chi connectivity index (χ4n) is 7.79. The van der Waals surface area contributed by atoms with Gasteiger partial charge < -0.3 is 10.2 Å². The lowest BCUT2D eigenvalue weighted by Crippen LogP contribution is -2.60. The molecular formula is C25H39N3O3. The fourth-order valence-corrected chi connectivity index (χ4v) is 7.79. The van der Waals surface area contributed by atoms with Crippen molar-refractivity contribution in [1.29, 1.82) is 0 Å². The number of hydrogen-bond donors (Lipinski definition) is 2. The first-order chi connectivity index (χ1) is 14.7. The molecule has 0 radical (unpaired) electrons. The van der Waals surface area contributed by atoms with Crippen LogP contribution in [0.4, 0.5) is 4.79 Å². The Kier molecular flexibility index (Phi) is 5.95. The molecule has 4 amide bonds. The fraction of sp³-hybridized carbons (Fsp3) is 0.800. The Morgan fingerprint density at radius 3 is 2.65 bits per heavy atom. The Hall–Kier alpha value is -1.85. The van der Waals surface area contributed by atoms with Crippen molar-refractivity contribution in [1.82, 2.24) is 15.5 Å². The van der Waals surface area contributed by atoms with Gasteiger partial charge in [0.2, 0.25) is 11.8 Å². The number of imide groups is 1. The molecule has 7 atom stereocenters. The Morgan fingerprint density at radius 1 is 1.13 bits per heavy atom. The number of amides is 4. The van der Waals surface area contributed by atoms with E-state index in [2.05, 4.69) is 37.5 Å². The first-order valence-electron chi connectivity index (χ1n) is 12.3. The van der Waals surface area contributed by atoms with Gasteiger partial charge in [0.05, 0.1) is 0 Å². The van der Waals surface area contributed by atoms with Crippen LogP contribution in [0, 0.1) is 34.5 Å². The lowest BCUT2D eigenvalue weighted by molar-refractivity contribution is -0.142. The molecule has 0 aromatic heterocycles. The van der Waals surface area contributed by atoms with Crippen molar-refractivity contribution in [2.75, 3.05) is 13.6 Å². The molecule has 3 fully saturated rings. The zero-order valence-electron chi connectivity index (χ0n) is 19.6. The number of rotatable bonds is 4. The van der Waals surface area contributed by atoms with Gasteiger partial charge in [-0.2, -0.15) is 0 Å². The minimum atomic E-state index is -0.354. The molecule has 31 heavy (non-hydrogen) atoms. The largest absolute Gasteiger partial charge is 0.338 e. The van der Waals surface area contributed by atoms with Crippen molar-refractivity contribution in [3.63, 3.8) is 0 Å². The first kappa shape index (κ1) is 22.3. The Balaban J connectivity index is 1.48. The molecule has 1 aliphatic heterocycles. The van der Waals surface area contributed by atoms with Crippen LogP contribution in [0.15, 0.2) is 12.2 Å². The van der Waals surface area contributed by atoms with E-state index in [-0.39, 0.29) is 40.6 Å². The van der Waals surface area contributed by atoms with Crippen LogP contribution in [-0.4, -0.2) is 42.4 Å². The molecule has 4 aliphatic rings. The summed E-state index contributed by atoms with van der Waals surface area (Å²) in [5.74, 6) is 1.58. The molecule has 4 rings (SSSR count). The molecule has 172 valence electrons. The molecule has 1 heterocycles. The molecule has 2 unspecified atom stereocenters. The van der Waals surface area contributed by atoms with Gasteiger partial charge in [-0.05, 0) is 74.2 Å². The van der Waals surface area contributed by atoms with Gasteiger partial charge in [0.15, 0.2) is 0 Å². The third kappa shape index (κ3) is 3.60. The minimum Gasteiger partial charge on any atom is -0.338 e. The van der Waals surface area contributed by atoms with E-state index in [4.69, 9.17) is 0 Å². The average Bonchev–Trinajstić information content (AvgIpc) is 3.08. The van der Waals surface area contributed by atoms with Crippen molar-refractivity contribution in [2.24, 2.45) is 34.5 Å². The maximum absolute atomic E-state index is 13.1. The summed E-state index contributed by atoms with van der Waals surface area (Å²) < 4.78 is 0. The Morgan fingerprint density at radius 2 is 1.90 bits per heavy atom. The maximum Gasteiger partial charge on any atom is 0.321 e. The summed E-state index contributed by atoms with van der Waals surface area (Å²) in [7, 11) is 1.95. The van der Waals surface area contributed by atoms with E-state index >= 15 is 0 Å². The summed E-state index contributed by atoms with van der Waals surface area (Å²) in [5, 5.41) is 5.43. The van der Waals surface area contributed by atoms with Gasteiger partial charge in [-0.3, -0.25) is 14.9 Å². The SMILES string of the molecule is CCCCNC(=O)NC(=O)C1CC[C@H]2[C@@H]3CCC4N(C)C(=O)C=C[C@]4(C)[C@@H]3CC[C@]12C. The number of fused-ring (bicyclic) bond motifs is 5. The van der Waals surface area contributed by atoms with Crippen molar-refractivity contribution in [2.45, 2.75) is 78.2 Å². The Bertz CT molecular complexity index is 780. The minimum absolute atomic E-state index is 0.0203. The first-order valence-corrected chi connectivity index (χ1v) is 12.3. The normalized spacial score (nSPS) is 41.2. The van der Waals surface area contributed by atoms with Crippen molar-refractivity contribution in [3.8, 4) is 0 Å². The van der Waals surface area contributed by atoms with Crippen LogP contribution in [0.2, 0.25) is 0 Å². The van der Waals surface area contributed by atoms with Gasteiger partial charge in [0.1, 0.15) is 0 Å². The van der Waals surface area contributed by atoms with Gasteiger partial charge in [0.25, 0.3) is 0 Å². The van der Waals surface area contributed by atoms with E-state index in [0.717, 1.165) is 51.4 Å². The molecule has 0 spiro atoms. The van der Waals surface area contributed by atoms with Crippen molar-refractivity contribution < 1.29 is 14.4 Å². The lowest BCUT2D eigenvalue weighted by atomic mass is 9.47. The van der Waals surface area contributed by atoms with Gasteiger partial charge in [-0.15, -0.1) is 0 Å². The van der Waals surface area contributed by atoms with Crippen LogP contribution in [0.25, 0.3) is 0 Å². The van der Waals surface area contributed by atoms with Crippen LogP contribution in [-0.2, 0) is 9.59 Å². The molecule has 0 saturated heterocycles. The summed E-state index contributed by atoms with van der Waals surface area (Å²) in [4.78, 5) is 39.4.